The predicted octanol–water partition coefficient (Wildman–Crippen LogP) is 3.55. The third kappa shape index (κ3) is 3.73. The first kappa shape index (κ1) is 15.6. The van der Waals surface area contributed by atoms with Crippen LogP contribution in [0, 0.1) is 6.92 Å². The number of nitrogens with one attached hydrogen (secondary N) is 2. The molecule has 6 nitrogen and oxygen atoms in total. The van der Waals surface area contributed by atoms with Crippen LogP contribution in [0.3, 0.4) is 0 Å². The number of pyridine rings is 1. The van der Waals surface area contributed by atoms with Crippen molar-refractivity contribution in [2.24, 2.45) is 0 Å². The standard InChI is InChI=1S/C18H17N5O/c1-12-5-6-15(21-13(2)24)10-17(12)23-18-20-9-7-16(22-18)14-4-3-8-19-11-14/h3-11H,1-2H3,(H,21,24)(H,20,22,23). The van der Waals surface area contributed by atoms with Crippen LogP contribution in [0.1, 0.15) is 12.5 Å². The van der Waals surface area contributed by atoms with Gasteiger partial charge in [-0.1, -0.05) is 6.07 Å². The molecule has 0 bridgehead atoms. The number of nitrogens with zero attached hydrogens (tertiary/aromatic N) is 3. The minimum absolute atomic E-state index is 0.111. The van der Waals surface area contributed by atoms with Crippen molar-refractivity contribution in [1.29, 1.82) is 0 Å². The minimum atomic E-state index is -0.111. The minimum Gasteiger partial charge on any atom is -0.326 e. The van der Waals surface area contributed by atoms with Crippen molar-refractivity contribution in [3.05, 3.63) is 60.6 Å². The highest BCUT2D eigenvalue weighted by Gasteiger charge is 2.06. The van der Waals surface area contributed by atoms with Crippen LogP contribution in [0.2, 0.25) is 0 Å². The molecular formula is C18H17N5O. The number of carbonyl (C=O) groups excluding carboxylic acids is 1. The first-order valence-corrected chi connectivity index (χ1v) is 7.50. The number of hydrogen-bond acceptors (Lipinski definition) is 5. The highest BCUT2D eigenvalue weighted by molar-refractivity contribution is 5.89. The van der Waals surface area contributed by atoms with E-state index in [4.69, 9.17) is 0 Å². The molecule has 2 N–H and O–H groups in total. The maximum atomic E-state index is 11.2. The highest BCUT2D eigenvalue weighted by atomic mass is 16.1. The fraction of sp³-hybridized carbons (Fsp3) is 0.111. The van der Waals surface area contributed by atoms with Crippen LogP contribution in [0.4, 0.5) is 17.3 Å². The van der Waals surface area contributed by atoms with Gasteiger partial charge < -0.3 is 10.6 Å². The van der Waals surface area contributed by atoms with Gasteiger partial charge in [0.05, 0.1) is 5.69 Å². The quantitative estimate of drug-likeness (QED) is 0.769. The van der Waals surface area contributed by atoms with Gasteiger partial charge in [0.15, 0.2) is 0 Å². The van der Waals surface area contributed by atoms with Crippen molar-refractivity contribution in [3.8, 4) is 11.3 Å². The van der Waals surface area contributed by atoms with Gasteiger partial charge in [-0.3, -0.25) is 9.78 Å². The smallest absolute Gasteiger partial charge is 0.227 e. The Morgan fingerprint density at radius 2 is 2.00 bits per heavy atom. The molecule has 3 aromatic rings. The van der Waals surface area contributed by atoms with Crippen LogP contribution >= 0.6 is 0 Å². The first-order valence-electron chi connectivity index (χ1n) is 7.50. The van der Waals surface area contributed by atoms with Crippen molar-refractivity contribution < 1.29 is 4.79 Å². The zero-order chi connectivity index (χ0) is 16.9. The summed E-state index contributed by atoms with van der Waals surface area (Å²) in [4.78, 5) is 24.1. The first-order chi connectivity index (χ1) is 11.6. The second-order valence-electron chi connectivity index (χ2n) is 5.34. The third-order valence-corrected chi connectivity index (χ3v) is 3.42. The fourth-order valence-electron chi connectivity index (χ4n) is 2.25. The Bertz CT molecular complexity index is 864. The van der Waals surface area contributed by atoms with Gasteiger partial charge in [-0.25, -0.2) is 9.97 Å². The summed E-state index contributed by atoms with van der Waals surface area (Å²) in [6, 6.07) is 11.3. The highest BCUT2D eigenvalue weighted by Crippen LogP contribution is 2.24. The summed E-state index contributed by atoms with van der Waals surface area (Å²) in [6.07, 6.45) is 5.18. The molecule has 0 unspecified atom stereocenters. The molecule has 0 fully saturated rings. The van der Waals surface area contributed by atoms with Gasteiger partial charge in [0, 0.05) is 42.5 Å². The molecule has 1 amide bonds. The molecule has 0 aliphatic carbocycles. The molecule has 0 spiro atoms. The Balaban J connectivity index is 1.88. The Hall–Kier alpha value is -3.28. The SMILES string of the molecule is CC(=O)Nc1ccc(C)c(Nc2nccc(-c3cccnc3)n2)c1. The van der Waals surface area contributed by atoms with Gasteiger partial charge in [0.2, 0.25) is 11.9 Å². The molecule has 2 heterocycles. The van der Waals surface area contributed by atoms with Gasteiger partial charge >= 0.3 is 0 Å². The van der Waals surface area contributed by atoms with E-state index in [0.717, 1.165) is 28.2 Å². The number of aryl methyl sites for hydroxylation is 1. The van der Waals surface area contributed by atoms with Gasteiger partial charge in [0.25, 0.3) is 0 Å². The van der Waals surface area contributed by atoms with Gasteiger partial charge in [0.1, 0.15) is 0 Å². The second kappa shape index (κ2) is 6.87. The lowest BCUT2D eigenvalue weighted by Crippen LogP contribution is -2.06. The van der Waals surface area contributed by atoms with Crippen molar-refractivity contribution in [3.63, 3.8) is 0 Å². The molecule has 0 saturated carbocycles. The molecule has 0 aliphatic rings. The number of rotatable bonds is 4. The Morgan fingerprint density at radius 1 is 1.12 bits per heavy atom. The molecule has 1 aromatic carbocycles. The zero-order valence-electron chi connectivity index (χ0n) is 13.4. The van der Waals surface area contributed by atoms with E-state index in [9.17, 15) is 4.79 Å². The summed E-state index contributed by atoms with van der Waals surface area (Å²) in [5.41, 5.74) is 4.30. The van der Waals surface area contributed by atoms with E-state index < -0.39 is 0 Å². The number of anilines is 3. The molecule has 0 radical (unpaired) electrons. The maximum absolute atomic E-state index is 11.2. The molecule has 0 atom stereocenters. The van der Waals surface area contributed by atoms with E-state index in [0.29, 0.717) is 5.95 Å². The number of amides is 1. The Labute approximate surface area is 140 Å². The summed E-state index contributed by atoms with van der Waals surface area (Å²) >= 11 is 0. The summed E-state index contributed by atoms with van der Waals surface area (Å²) in [5, 5.41) is 5.97. The van der Waals surface area contributed by atoms with Crippen molar-refractivity contribution >= 4 is 23.2 Å². The number of aromatic nitrogens is 3. The number of carbonyl (C=O) groups is 1. The lowest BCUT2D eigenvalue weighted by molar-refractivity contribution is -0.114. The summed E-state index contributed by atoms with van der Waals surface area (Å²) in [6.45, 7) is 3.46. The van der Waals surface area contributed by atoms with E-state index in [1.54, 1.807) is 18.6 Å². The molecule has 120 valence electrons. The van der Waals surface area contributed by atoms with Crippen LogP contribution in [-0.4, -0.2) is 20.9 Å². The van der Waals surface area contributed by atoms with Crippen LogP contribution < -0.4 is 10.6 Å². The Kier molecular flexibility index (Phi) is 4.47. The largest absolute Gasteiger partial charge is 0.326 e. The lowest BCUT2D eigenvalue weighted by atomic mass is 10.2. The van der Waals surface area contributed by atoms with Crippen LogP contribution in [-0.2, 0) is 4.79 Å². The third-order valence-electron chi connectivity index (χ3n) is 3.42. The number of benzene rings is 1. The topological polar surface area (TPSA) is 79.8 Å². The summed E-state index contributed by atoms with van der Waals surface area (Å²) < 4.78 is 0. The lowest BCUT2D eigenvalue weighted by Gasteiger charge is -2.11. The van der Waals surface area contributed by atoms with Gasteiger partial charge in [-0.2, -0.15) is 0 Å². The van der Waals surface area contributed by atoms with Gasteiger partial charge in [-0.15, -0.1) is 0 Å². The van der Waals surface area contributed by atoms with Crippen LogP contribution in [0.25, 0.3) is 11.3 Å². The van der Waals surface area contributed by atoms with E-state index in [1.807, 2.05) is 43.3 Å². The molecular weight excluding hydrogens is 302 g/mol. The monoisotopic (exact) mass is 319 g/mol. The van der Waals surface area contributed by atoms with E-state index >= 15 is 0 Å². The average Bonchev–Trinajstić information content (AvgIpc) is 2.58. The zero-order valence-corrected chi connectivity index (χ0v) is 13.4. The van der Waals surface area contributed by atoms with E-state index in [1.165, 1.54) is 6.92 Å². The Morgan fingerprint density at radius 3 is 2.75 bits per heavy atom. The average molecular weight is 319 g/mol. The van der Waals surface area contributed by atoms with Crippen molar-refractivity contribution in [2.45, 2.75) is 13.8 Å². The normalized spacial score (nSPS) is 10.2. The molecule has 3 rings (SSSR count). The second-order valence-corrected chi connectivity index (χ2v) is 5.34. The molecule has 2 aromatic heterocycles. The van der Waals surface area contributed by atoms with E-state index in [2.05, 4.69) is 25.6 Å². The van der Waals surface area contributed by atoms with Gasteiger partial charge in [-0.05, 0) is 42.8 Å². The summed E-state index contributed by atoms with van der Waals surface area (Å²) in [7, 11) is 0. The molecule has 0 aliphatic heterocycles. The van der Waals surface area contributed by atoms with Crippen molar-refractivity contribution in [1.82, 2.24) is 15.0 Å². The fourth-order valence-corrected chi connectivity index (χ4v) is 2.25. The molecule has 6 heteroatoms. The van der Waals surface area contributed by atoms with E-state index in [-0.39, 0.29) is 5.91 Å². The van der Waals surface area contributed by atoms with Crippen LogP contribution in [0.15, 0.2) is 55.0 Å². The number of hydrogen-bond donors (Lipinski definition) is 2. The maximum Gasteiger partial charge on any atom is 0.227 e. The molecule has 24 heavy (non-hydrogen) atoms. The van der Waals surface area contributed by atoms with Crippen LogP contribution in [0.5, 0.6) is 0 Å². The molecule has 0 saturated heterocycles. The predicted molar refractivity (Wildman–Crippen MR) is 94.0 cm³/mol. The summed E-state index contributed by atoms with van der Waals surface area (Å²) in [5.74, 6) is 0.374. The van der Waals surface area contributed by atoms with Crippen molar-refractivity contribution in [2.75, 3.05) is 10.6 Å².